The molecule has 0 amide bonds. The second-order valence-corrected chi connectivity index (χ2v) is 7.32. The normalized spacial score (nSPS) is 17.7. The highest BCUT2D eigenvalue weighted by Gasteiger charge is 2.14. The maximum Gasteiger partial charge on any atom is 0.133 e. The van der Waals surface area contributed by atoms with E-state index < -0.39 is 0 Å². The molecule has 0 unspecified atom stereocenters. The molecule has 2 heterocycles. The summed E-state index contributed by atoms with van der Waals surface area (Å²) in [4.78, 5) is 9.60. The molecule has 5 heteroatoms. The van der Waals surface area contributed by atoms with Gasteiger partial charge in [-0.2, -0.15) is 0 Å². The monoisotopic (exact) mass is 364 g/mol. The second-order valence-electron chi connectivity index (χ2n) is 7.32. The number of amidine groups is 1. The van der Waals surface area contributed by atoms with Gasteiger partial charge < -0.3 is 19.9 Å². The summed E-state index contributed by atoms with van der Waals surface area (Å²) in [5.41, 5.74) is 3.44. The third-order valence-electron chi connectivity index (χ3n) is 5.27. The first kappa shape index (κ1) is 18.0. The number of fused-ring (bicyclic) bond motifs is 1. The molecule has 0 atom stereocenters. The highest BCUT2D eigenvalue weighted by Crippen LogP contribution is 2.23. The molecule has 5 nitrogen and oxygen atoms in total. The molecule has 2 aromatic carbocycles. The number of likely N-dealkylation sites (N-methyl/N-ethyl adjacent to an activating group) is 1. The molecule has 2 aromatic rings. The third kappa shape index (κ3) is 4.67. The summed E-state index contributed by atoms with van der Waals surface area (Å²) in [7, 11) is 2.19. The molecule has 0 saturated carbocycles. The number of rotatable bonds is 6. The topological polar surface area (TPSA) is 40.1 Å². The Morgan fingerprint density at radius 1 is 1.04 bits per heavy atom. The first-order chi connectivity index (χ1) is 13.3. The highest BCUT2D eigenvalue weighted by atomic mass is 16.5. The van der Waals surface area contributed by atoms with Crippen LogP contribution in [-0.4, -0.2) is 62.0 Å². The molecule has 1 fully saturated rings. The van der Waals surface area contributed by atoms with E-state index in [1.807, 2.05) is 12.1 Å². The van der Waals surface area contributed by atoms with Crippen molar-refractivity contribution in [1.82, 2.24) is 9.80 Å². The van der Waals surface area contributed by atoms with E-state index in [1.165, 1.54) is 31.7 Å². The standard InChI is InChI=1S/C22H28N4O/c1-25-11-13-26(14-12-25)10-5-15-27-20-8-4-7-18(16-20)22-23-17-19-6-2-3-9-21(19)24-22/h2-4,6-9,16H,5,10-15,17H2,1H3,(H,23,24). The van der Waals surface area contributed by atoms with E-state index in [9.17, 15) is 0 Å². The zero-order chi connectivity index (χ0) is 18.5. The van der Waals surface area contributed by atoms with E-state index in [0.717, 1.165) is 42.4 Å². The lowest BCUT2D eigenvalue weighted by Crippen LogP contribution is -2.44. The van der Waals surface area contributed by atoms with Crippen molar-refractivity contribution in [2.24, 2.45) is 4.99 Å². The molecule has 142 valence electrons. The summed E-state index contributed by atoms with van der Waals surface area (Å²) in [6.07, 6.45) is 1.06. The molecule has 27 heavy (non-hydrogen) atoms. The maximum absolute atomic E-state index is 6.00. The lowest BCUT2D eigenvalue weighted by molar-refractivity contribution is 0.145. The van der Waals surface area contributed by atoms with Crippen LogP contribution in [0.4, 0.5) is 5.69 Å². The van der Waals surface area contributed by atoms with Gasteiger partial charge in [-0.15, -0.1) is 0 Å². The Morgan fingerprint density at radius 3 is 2.78 bits per heavy atom. The number of hydrogen-bond donors (Lipinski definition) is 1. The van der Waals surface area contributed by atoms with E-state index in [0.29, 0.717) is 6.54 Å². The average molecular weight is 364 g/mol. The predicted molar refractivity (Wildman–Crippen MR) is 111 cm³/mol. The van der Waals surface area contributed by atoms with Crippen molar-refractivity contribution in [3.63, 3.8) is 0 Å². The number of para-hydroxylation sites is 1. The van der Waals surface area contributed by atoms with Crippen LogP contribution < -0.4 is 10.1 Å². The van der Waals surface area contributed by atoms with Gasteiger partial charge in [-0.3, -0.25) is 4.99 Å². The van der Waals surface area contributed by atoms with Crippen molar-refractivity contribution < 1.29 is 4.74 Å². The van der Waals surface area contributed by atoms with Gasteiger partial charge in [-0.1, -0.05) is 30.3 Å². The van der Waals surface area contributed by atoms with E-state index >= 15 is 0 Å². The van der Waals surface area contributed by atoms with Crippen molar-refractivity contribution in [1.29, 1.82) is 0 Å². The molecule has 2 aliphatic rings. The Labute approximate surface area is 161 Å². The van der Waals surface area contributed by atoms with Crippen LogP contribution in [0.1, 0.15) is 17.5 Å². The molecule has 1 saturated heterocycles. The van der Waals surface area contributed by atoms with Crippen molar-refractivity contribution in [2.45, 2.75) is 13.0 Å². The van der Waals surface area contributed by atoms with Gasteiger partial charge in [0.25, 0.3) is 0 Å². The van der Waals surface area contributed by atoms with Crippen LogP contribution in [0.2, 0.25) is 0 Å². The minimum Gasteiger partial charge on any atom is -0.494 e. The Kier molecular flexibility index (Phi) is 5.70. The van der Waals surface area contributed by atoms with Gasteiger partial charge in [0.1, 0.15) is 11.6 Å². The number of ether oxygens (including phenoxy) is 1. The Morgan fingerprint density at radius 2 is 1.89 bits per heavy atom. The van der Waals surface area contributed by atoms with Crippen LogP contribution in [0.5, 0.6) is 5.75 Å². The minimum atomic E-state index is 0.717. The quantitative estimate of drug-likeness (QED) is 0.800. The zero-order valence-corrected chi connectivity index (χ0v) is 16.0. The molecule has 0 aromatic heterocycles. The lowest BCUT2D eigenvalue weighted by atomic mass is 10.1. The fourth-order valence-corrected chi connectivity index (χ4v) is 3.56. The minimum absolute atomic E-state index is 0.717. The molecule has 1 N–H and O–H groups in total. The summed E-state index contributed by atoms with van der Waals surface area (Å²) in [5.74, 6) is 1.82. The molecule has 4 rings (SSSR count). The number of piperazine rings is 1. The SMILES string of the molecule is CN1CCN(CCCOc2cccc(C3=NCc4ccccc4N3)c2)CC1. The van der Waals surface area contributed by atoms with Crippen molar-refractivity contribution in [3.05, 3.63) is 59.7 Å². The highest BCUT2D eigenvalue weighted by molar-refractivity contribution is 6.09. The summed E-state index contributed by atoms with van der Waals surface area (Å²) in [6, 6.07) is 16.5. The Hall–Kier alpha value is -2.37. The molecule has 0 spiro atoms. The first-order valence-electron chi connectivity index (χ1n) is 9.81. The van der Waals surface area contributed by atoms with Crippen molar-refractivity contribution in [3.8, 4) is 5.75 Å². The fraction of sp³-hybridized carbons (Fsp3) is 0.409. The summed E-state index contributed by atoms with van der Waals surface area (Å²) >= 11 is 0. The van der Waals surface area contributed by atoms with E-state index in [4.69, 9.17) is 4.74 Å². The van der Waals surface area contributed by atoms with Crippen LogP contribution in [0.15, 0.2) is 53.5 Å². The molecule has 0 aliphatic carbocycles. The average Bonchev–Trinajstić information content (AvgIpc) is 2.72. The van der Waals surface area contributed by atoms with Crippen LogP contribution >= 0.6 is 0 Å². The van der Waals surface area contributed by atoms with Crippen LogP contribution in [0.3, 0.4) is 0 Å². The van der Waals surface area contributed by atoms with Gasteiger partial charge >= 0.3 is 0 Å². The number of benzene rings is 2. The molecular weight excluding hydrogens is 336 g/mol. The zero-order valence-electron chi connectivity index (χ0n) is 16.0. The van der Waals surface area contributed by atoms with Crippen molar-refractivity contribution >= 4 is 11.5 Å². The maximum atomic E-state index is 6.00. The fourth-order valence-electron chi connectivity index (χ4n) is 3.56. The van der Waals surface area contributed by atoms with Crippen molar-refractivity contribution in [2.75, 3.05) is 51.7 Å². The first-order valence-corrected chi connectivity index (χ1v) is 9.81. The number of anilines is 1. The van der Waals surface area contributed by atoms with E-state index in [-0.39, 0.29) is 0 Å². The Bertz CT molecular complexity index is 796. The van der Waals surface area contributed by atoms with E-state index in [2.05, 4.69) is 63.6 Å². The number of nitrogens with one attached hydrogen (secondary N) is 1. The molecule has 0 bridgehead atoms. The van der Waals surface area contributed by atoms with Crippen LogP contribution in [0, 0.1) is 0 Å². The lowest BCUT2D eigenvalue weighted by Gasteiger charge is -2.32. The van der Waals surface area contributed by atoms with Gasteiger partial charge in [-0.25, -0.2) is 0 Å². The van der Waals surface area contributed by atoms with Gasteiger partial charge in [0, 0.05) is 44.0 Å². The molecule has 2 aliphatic heterocycles. The predicted octanol–water partition coefficient (Wildman–Crippen LogP) is 3.08. The Balaban J connectivity index is 1.29. The summed E-state index contributed by atoms with van der Waals surface area (Å²) in [5, 5.41) is 3.44. The molecular formula is C22H28N4O. The molecule has 0 radical (unpaired) electrons. The van der Waals surface area contributed by atoms with Gasteiger partial charge in [0.2, 0.25) is 0 Å². The summed E-state index contributed by atoms with van der Waals surface area (Å²) in [6.45, 7) is 7.24. The van der Waals surface area contributed by atoms with Gasteiger partial charge in [0.15, 0.2) is 0 Å². The smallest absolute Gasteiger partial charge is 0.133 e. The van der Waals surface area contributed by atoms with Gasteiger partial charge in [0.05, 0.1) is 13.2 Å². The largest absolute Gasteiger partial charge is 0.494 e. The number of nitrogens with zero attached hydrogens (tertiary/aromatic N) is 3. The number of hydrogen-bond acceptors (Lipinski definition) is 5. The van der Waals surface area contributed by atoms with Gasteiger partial charge in [-0.05, 0) is 37.2 Å². The van der Waals surface area contributed by atoms with Crippen LogP contribution in [0.25, 0.3) is 0 Å². The van der Waals surface area contributed by atoms with Crippen LogP contribution in [-0.2, 0) is 6.54 Å². The second kappa shape index (κ2) is 8.55. The van der Waals surface area contributed by atoms with E-state index in [1.54, 1.807) is 0 Å². The number of aliphatic imine (C=N–C) groups is 1. The summed E-state index contributed by atoms with van der Waals surface area (Å²) < 4.78 is 6.00. The third-order valence-corrected chi connectivity index (χ3v) is 5.27.